The molecular weight excluding hydrogens is 239 g/mol. The Morgan fingerprint density at radius 1 is 1.50 bits per heavy atom. The van der Waals surface area contributed by atoms with Crippen molar-refractivity contribution in [3.63, 3.8) is 0 Å². The van der Waals surface area contributed by atoms with Crippen molar-refractivity contribution < 1.29 is 4.79 Å². The lowest BCUT2D eigenvalue weighted by Gasteiger charge is -2.01. The zero-order chi connectivity index (χ0) is 8.97. The zero-order valence-corrected chi connectivity index (χ0v) is 8.73. The molecule has 0 aromatic heterocycles. The van der Waals surface area contributed by atoms with E-state index >= 15 is 0 Å². The van der Waals surface area contributed by atoms with Crippen molar-refractivity contribution in [2.45, 2.75) is 6.42 Å². The van der Waals surface area contributed by atoms with Crippen molar-refractivity contribution >= 4 is 33.8 Å². The molecule has 64 valence electrons. The van der Waals surface area contributed by atoms with Gasteiger partial charge in [0.05, 0.1) is 0 Å². The van der Waals surface area contributed by atoms with Gasteiger partial charge in [-0.3, -0.25) is 4.79 Å². The second-order valence-electron chi connectivity index (χ2n) is 2.40. The fourth-order valence-electron chi connectivity index (χ4n) is 1.00. The number of carbonyl (C=O) groups excluding carboxylic acids is 1. The fourth-order valence-corrected chi connectivity index (χ4v) is 1.61. The van der Waals surface area contributed by atoms with Crippen molar-refractivity contribution in [3.05, 3.63) is 34.3 Å². The van der Waals surface area contributed by atoms with Gasteiger partial charge >= 0.3 is 0 Å². The van der Waals surface area contributed by atoms with Gasteiger partial charge in [0.1, 0.15) is 6.29 Å². The molecule has 0 N–H and O–H groups in total. The van der Waals surface area contributed by atoms with Crippen molar-refractivity contribution in [1.29, 1.82) is 0 Å². The topological polar surface area (TPSA) is 17.1 Å². The largest absolute Gasteiger partial charge is 0.298 e. The van der Waals surface area contributed by atoms with E-state index < -0.39 is 0 Å². The highest BCUT2D eigenvalue weighted by molar-refractivity contribution is 9.09. The van der Waals surface area contributed by atoms with Crippen molar-refractivity contribution in [2.24, 2.45) is 0 Å². The van der Waals surface area contributed by atoms with Gasteiger partial charge in [0.15, 0.2) is 0 Å². The van der Waals surface area contributed by atoms with Crippen molar-refractivity contribution in [2.75, 3.05) is 5.33 Å². The van der Waals surface area contributed by atoms with Crippen LogP contribution in [0, 0.1) is 0 Å². The minimum absolute atomic E-state index is 0.607. The molecule has 12 heavy (non-hydrogen) atoms. The van der Waals surface area contributed by atoms with Crippen LogP contribution < -0.4 is 0 Å². The van der Waals surface area contributed by atoms with Gasteiger partial charge in [-0.15, -0.1) is 0 Å². The van der Waals surface area contributed by atoms with Gasteiger partial charge in [0.2, 0.25) is 0 Å². The highest BCUT2D eigenvalue weighted by atomic mass is 79.9. The van der Waals surface area contributed by atoms with Gasteiger partial charge in [0, 0.05) is 15.9 Å². The van der Waals surface area contributed by atoms with Crippen LogP contribution in [0.25, 0.3) is 0 Å². The first-order valence-corrected chi connectivity index (χ1v) is 5.07. The number of halogens is 2. The predicted molar refractivity (Wildman–Crippen MR) is 54.3 cm³/mol. The average molecular weight is 248 g/mol. The number of carbonyl (C=O) groups is 1. The normalized spacial score (nSPS) is 9.83. The van der Waals surface area contributed by atoms with Crippen LogP contribution in [0.3, 0.4) is 0 Å². The van der Waals surface area contributed by atoms with E-state index in [-0.39, 0.29) is 0 Å². The molecule has 0 atom stereocenters. The van der Waals surface area contributed by atoms with Crippen LogP contribution in [0.5, 0.6) is 0 Å². The van der Waals surface area contributed by atoms with Crippen LogP contribution in [0.4, 0.5) is 0 Å². The molecule has 0 radical (unpaired) electrons. The van der Waals surface area contributed by atoms with Gasteiger partial charge < -0.3 is 0 Å². The van der Waals surface area contributed by atoms with Gasteiger partial charge in [-0.2, -0.15) is 0 Å². The quantitative estimate of drug-likeness (QED) is 0.592. The molecule has 3 heteroatoms. The van der Waals surface area contributed by atoms with Gasteiger partial charge in [-0.1, -0.05) is 33.6 Å². The van der Waals surface area contributed by atoms with E-state index in [4.69, 9.17) is 11.6 Å². The van der Waals surface area contributed by atoms with E-state index in [1.54, 1.807) is 12.1 Å². The maximum absolute atomic E-state index is 10.6. The smallest absolute Gasteiger partial charge is 0.150 e. The lowest BCUT2D eigenvalue weighted by molar-refractivity contribution is 0.112. The van der Waals surface area contributed by atoms with E-state index in [0.717, 1.165) is 23.6 Å². The SMILES string of the molecule is O=Cc1cc(Cl)ccc1CCBr. The molecule has 0 saturated heterocycles. The van der Waals surface area contributed by atoms with Crippen molar-refractivity contribution in [3.8, 4) is 0 Å². The van der Waals surface area contributed by atoms with E-state index in [1.165, 1.54) is 0 Å². The zero-order valence-electron chi connectivity index (χ0n) is 6.39. The van der Waals surface area contributed by atoms with Crippen LogP contribution in [0.2, 0.25) is 5.02 Å². The molecule has 0 aliphatic carbocycles. The highest BCUT2D eigenvalue weighted by Gasteiger charge is 2.00. The van der Waals surface area contributed by atoms with Gasteiger partial charge in [0.25, 0.3) is 0 Å². The minimum atomic E-state index is 0.607. The molecular formula is C9H8BrClO. The molecule has 0 bridgehead atoms. The Kier molecular flexibility index (Phi) is 3.76. The van der Waals surface area contributed by atoms with Crippen LogP contribution in [-0.4, -0.2) is 11.6 Å². The second kappa shape index (κ2) is 4.63. The lowest BCUT2D eigenvalue weighted by atomic mass is 10.1. The summed E-state index contributed by atoms with van der Waals surface area (Å²) in [5.74, 6) is 0. The Morgan fingerprint density at radius 2 is 2.25 bits per heavy atom. The summed E-state index contributed by atoms with van der Waals surface area (Å²) >= 11 is 9.04. The molecule has 0 fully saturated rings. The lowest BCUT2D eigenvalue weighted by Crippen LogP contribution is -1.93. The Balaban J connectivity index is 3.02. The van der Waals surface area contributed by atoms with E-state index in [9.17, 15) is 4.79 Å². The summed E-state index contributed by atoms with van der Waals surface area (Å²) in [6.07, 6.45) is 1.69. The van der Waals surface area contributed by atoms with Crippen molar-refractivity contribution in [1.82, 2.24) is 0 Å². The molecule has 1 rings (SSSR count). The third-order valence-electron chi connectivity index (χ3n) is 1.60. The standard InChI is InChI=1S/C9H8BrClO/c10-4-3-7-1-2-9(11)5-8(7)6-12/h1-2,5-6H,3-4H2. The number of aldehydes is 1. The summed E-state index contributed by atoms with van der Waals surface area (Å²) in [4.78, 5) is 10.6. The third kappa shape index (κ3) is 2.32. The summed E-state index contributed by atoms with van der Waals surface area (Å²) in [6.45, 7) is 0. The molecule has 0 unspecified atom stereocenters. The van der Waals surface area contributed by atoms with Gasteiger partial charge in [-0.05, 0) is 24.1 Å². The number of alkyl halides is 1. The minimum Gasteiger partial charge on any atom is -0.298 e. The highest BCUT2D eigenvalue weighted by Crippen LogP contribution is 2.15. The molecule has 0 heterocycles. The number of aryl methyl sites for hydroxylation is 1. The van der Waals surface area contributed by atoms with Crippen LogP contribution in [0.1, 0.15) is 15.9 Å². The first-order chi connectivity index (χ1) is 5.77. The second-order valence-corrected chi connectivity index (χ2v) is 3.63. The number of benzene rings is 1. The Morgan fingerprint density at radius 3 is 2.83 bits per heavy atom. The summed E-state index contributed by atoms with van der Waals surface area (Å²) in [5.41, 5.74) is 1.72. The van der Waals surface area contributed by atoms with E-state index in [1.807, 2.05) is 6.07 Å². The maximum atomic E-state index is 10.6. The monoisotopic (exact) mass is 246 g/mol. The fraction of sp³-hybridized carbons (Fsp3) is 0.222. The molecule has 0 spiro atoms. The molecule has 0 saturated carbocycles. The molecule has 0 aliphatic heterocycles. The average Bonchev–Trinajstić information content (AvgIpc) is 2.08. The van der Waals surface area contributed by atoms with Gasteiger partial charge in [-0.25, -0.2) is 0 Å². The summed E-state index contributed by atoms with van der Waals surface area (Å²) in [6, 6.07) is 5.37. The Labute approximate surface area is 84.9 Å². The van der Waals surface area contributed by atoms with E-state index in [2.05, 4.69) is 15.9 Å². The predicted octanol–water partition coefficient (Wildman–Crippen LogP) is 3.09. The maximum Gasteiger partial charge on any atom is 0.150 e. The van der Waals surface area contributed by atoms with Crippen LogP contribution >= 0.6 is 27.5 Å². The number of hydrogen-bond donors (Lipinski definition) is 0. The Hall–Kier alpha value is -0.340. The van der Waals surface area contributed by atoms with E-state index in [0.29, 0.717) is 10.6 Å². The molecule has 0 aliphatic rings. The molecule has 0 amide bonds. The first-order valence-electron chi connectivity index (χ1n) is 3.57. The third-order valence-corrected chi connectivity index (χ3v) is 2.23. The molecule has 1 nitrogen and oxygen atoms in total. The molecule has 1 aromatic rings. The summed E-state index contributed by atoms with van der Waals surface area (Å²) < 4.78 is 0. The first kappa shape index (κ1) is 9.75. The summed E-state index contributed by atoms with van der Waals surface area (Å²) in [5, 5.41) is 1.46. The number of rotatable bonds is 3. The molecule has 1 aromatic carbocycles. The van der Waals surface area contributed by atoms with Crippen LogP contribution in [0.15, 0.2) is 18.2 Å². The summed E-state index contributed by atoms with van der Waals surface area (Å²) in [7, 11) is 0. The number of hydrogen-bond acceptors (Lipinski definition) is 1. The Bertz CT molecular complexity index is 286. The van der Waals surface area contributed by atoms with Crippen LogP contribution in [-0.2, 0) is 6.42 Å².